The molecule has 0 aliphatic carbocycles. The molecule has 110 valence electrons. The third-order valence-corrected chi connectivity index (χ3v) is 2.79. The van der Waals surface area contributed by atoms with Crippen LogP contribution in [0.15, 0.2) is 0 Å². The summed E-state index contributed by atoms with van der Waals surface area (Å²) < 4.78 is 0. The predicted molar refractivity (Wildman–Crippen MR) is 66.1 cm³/mol. The molecule has 0 bridgehead atoms. The van der Waals surface area contributed by atoms with E-state index in [0.717, 1.165) is 0 Å². The number of carbonyl (C=O) groups excluding carboxylic acids is 5. The molecule has 0 unspecified atom stereocenters. The van der Waals surface area contributed by atoms with Gasteiger partial charge in [0.2, 0.25) is 23.6 Å². The zero-order chi connectivity index (χ0) is 15.3. The lowest BCUT2D eigenvalue weighted by molar-refractivity contribution is -0.147. The fourth-order valence-corrected chi connectivity index (χ4v) is 1.60. The van der Waals surface area contributed by atoms with E-state index in [0.29, 0.717) is 0 Å². The molecular weight excluding hydrogens is 268 g/mol. The van der Waals surface area contributed by atoms with Crippen molar-refractivity contribution < 1.29 is 24.0 Å². The third kappa shape index (κ3) is 3.77. The van der Waals surface area contributed by atoms with Gasteiger partial charge in [-0.2, -0.15) is 0 Å². The maximum absolute atomic E-state index is 11.7. The van der Waals surface area contributed by atoms with Crippen molar-refractivity contribution in [2.45, 2.75) is 20.3 Å². The lowest BCUT2D eigenvalue weighted by atomic mass is 9.83. The Balaban J connectivity index is 2.51. The number of carbonyl (C=O) groups is 5. The number of barbiturate groups is 1. The van der Waals surface area contributed by atoms with Crippen molar-refractivity contribution in [3.05, 3.63) is 0 Å². The van der Waals surface area contributed by atoms with Crippen LogP contribution in [0.25, 0.3) is 0 Å². The van der Waals surface area contributed by atoms with Crippen LogP contribution in [-0.4, -0.2) is 42.7 Å². The molecule has 6 amide bonds. The van der Waals surface area contributed by atoms with Crippen LogP contribution < -0.4 is 21.3 Å². The molecule has 9 nitrogen and oxygen atoms in total. The van der Waals surface area contributed by atoms with Gasteiger partial charge in [0.15, 0.2) is 0 Å². The van der Waals surface area contributed by atoms with Gasteiger partial charge in [0.05, 0.1) is 0 Å². The molecule has 0 atom stereocenters. The molecule has 20 heavy (non-hydrogen) atoms. The zero-order valence-electron chi connectivity index (χ0n) is 11.2. The van der Waals surface area contributed by atoms with Gasteiger partial charge < -0.3 is 10.6 Å². The summed E-state index contributed by atoms with van der Waals surface area (Å²) in [4.78, 5) is 56.5. The molecule has 0 saturated carbocycles. The fourth-order valence-electron chi connectivity index (χ4n) is 1.60. The van der Waals surface area contributed by atoms with Gasteiger partial charge in [0.25, 0.3) is 0 Å². The standard InChI is InChI=1S/C11H16N4O5/c1-6(16)12-3-4-13-7(17)5-11(2)8(18)14-10(20)15-9(11)19/h3-5H2,1-2H3,(H,12,16)(H,13,17)(H2,14,15,18,19,20). The largest absolute Gasteiger partial charge is 0.355 e. The molecule has 9 heteroatoms. The summed E-state index contributed by atoms with van der Waals surface area (Å²) in [5, 5.41) is 8.83. The Morgan fingerprint density at radius 2 is 1.55 bits per heavy atom. The van der Waals surface area contributed by atoms with Crippen LogP contribution >= 0.6 is 0 Å². The Labute approximate surface area is 114 Å². The maximum atomic E-state index is 11.7. The van der Waals surface area contributed by atoms with E-state index in [1.54, 1.807) is 0 Å². The minimum atomic E-state index is -1.63. The molecule has 1 aliphatic rings. The smallest absolute Gasteiger partial charge is 0.328 e. The lowest BCUT2D eigenvalue weighted by Gasteiger charge is -2.29. The fraction of sp³-hybridized carbons (Fsp3) is 0.545. The van der Waals surface area contributed by atoms with E-state index in [9.17, 15) is 24.0 Å². The van der Waals surface area contributed by atoms with Gasteiger partial charge in [0, 0.05) is 26.4 Å². The van der Waals surface area contributed by atoms with Crippen LogP contribution in [0.2, 0.25) is 0 Å². The van der Waals surface area contributed by atoms with Gasteiger partial charge in [-0.1, -0.05) is 0 Å². The van der Waals surface area contributed by atoms with Gasteiger partial charge in [-0.05, 0) is 6.92 Å². The normalized spacial score (nSPS) is 17.0. The van der Waals surface area contributed by atoms with Gasteiger partial charge in [0.1, 0.15) is 5.41 Å². The summed E-state index contributed by atoms with van der Waals surface area (Å²) in [5.41, 5.74) is -1.63. The molecule has 1 heterocycles. The number of imide groups is 2. The highest BCUT2D eigenvalue weighted by atomic mass is 16.2. The SMILES string of the molecule is CC(=O)NCCNC(=O)CC1(C)C(=O)NC(=O)NC1=O. The van der Waals surface area contributed by atoms with Crippen LogP contribution in [0.3, 0.4) is 0 Å². The summed E-state index contributed by atoms with van der Waals surface area (Å²) in [6.45, 7) is 3.04. The van der Waals surface area contributed by atoms with E-state index in [1.165, 1.54) is 13.8 Å². The Hall–Kier alpha value is -2.45. The van der Waals surface area contributed by atoms with Gasteiger partial charge in [-0.25, -0.2) is 4.79 Å². The van der Waals surface area contributed by atoms with Gasteiger partial charge in [-0.3, -0.25) is 29.8 Å². The Morgan fingerprint density at radius 3 is 2.05 bits per heavy atom. The van der Waals surface area contributed by atoms with E-state index in [2.05, 4.69) is 10.6 Å². The van der Waals surface area contributed by atoms with Crippen molar-refractivity contribution in [2.24, 2.45) is 5.41 Å². The minimum absolute atomic E-state index is 0.177. The highest BCUT2D eigenvalue weighted by molar-refractivity contribution is 6.20. The van der Waals surface area contributed by atoms with E-state index in [1.807, 2.05) is 10.6 Å². The molecule has 1 aliphatic heterocycles. The van der Waals surface area contributed by atoms with Crippen molar-refractivity contribution in [3.8, 4) is 0 Å². The van der Waals surface area contributed by atoms with E-state index in [4.69, 9.17) is 0 Å². The van der Waals surface area contributed by atoms with Crippen molar-refractivity contribution in [1.29, 1.82) is 0 Å². The quantitative estimate of drug-likeness (QED) is 0.342. The predicted octanol–water partition coefficient (Wildman–Crippen LogP) is -2.00. The number of nitrogens with one attached hydrogen (secondary N) is 4. The number of urea groups is 1. The first-order valence-corrected chi connectivity index (χ1v) is 5.93. The van der Waals surface area contributed by atoms with Crippen LogP contribution in [-0.2, 0) is 19.2 Å². The Morgan fingerprint density at radius 1 is 1.05 bits per heavy atom. The van der Waals surface area contributed by atoms with Crippen molar-refractivity contribution in [1.82, 2.24) is 21.3 Å². The Kier molecular flexibility index (Phi) is 4.78. The maximum Gasteiger partial charge on any atom is 0.328 e. The van der Waals surface area contributed by atoms with Crippen LogP contribution in [0, 0.1) is 5.41 Å². The lowest BCUT2D eigenvalue weighted by Crippen LogP contribution is -2.62. The zero-order valence-corrected chi connectivity index (χ0v) is 11.2. The van der Waals surface area contributed by atoms with Crippen molar-refractivity contribution in [3.63, 3.8) is 0 Å². The summed E-state index contributed by atoms with van der Waals surface area (Å²) in [6.07, 6.45) is -0.391. The molecule has 0 aromatic rings. The second-order valence-electron chi connectivity index (χ2n) is 4.58. The number of hydrogen-bond donors (Lipinski definition) is 4. The van der Waals surface area contributed by atoms with Crippen LogP contribution in [0.4, 0.5) is 4.79 Å². The monoisotopic (exact) mass is 284 g/mol. The molecule has 0 radical (unpaired) electrons. The first-order valence-electron chi connectivity index (χ1n) is 5.93. The van der Waals surface area contributed by atoms with Gasteiger partial charge in [-0.15, -0.1) is 0 Å². The number of rotatable bonds is 5. The second kappa shape index (κ2) is 6.13. The molecule has 4 N–H and O–H groups in total. The molecule has 0 aromatic heterocycles. The highest BCUT2D eigenvalue weighted by Gasteiger charge is 2.47. The minimum Gasteiger partial charge on any atom is -0.355 e. The van der Waals surface area contributed by atoms with Crippen molar-refractivity contribution in [2.75, 3.05) is 13.1 Å². The first kappa shape index (κ1) is 15.6. The molecular formula is C11H16N4O5. The van der Waals surface area contributed by atoms with Crippen LogP contribution in [0.1, 0.15) is 20.3 Å². The van der Waals surface area contributed by atoms with Crippen molar-refractivity contribution >= 4 is 29.7 Å². The first-order chi connectivity index (χ1) is 9.25. The average molecular weight is 284 g/mol. The second-order valence-corrected chi connectivity index (χ2v) is 4.58. The average Bonchev–Trinajstić information content (AvgIpc) is 2.32. The van der Waals surface area contributed by atoms with Crippen LogP contribution in [0.5, 0.6) is 0 Å². The molecule has 0 aromatic carbocycles. The Bertz CT molecular complexity index is 453. The highest BCUT2D eigenvalue weighted by Crippen LogP contribution is 2.24. The summed E-state index contributed by atoms with van der Waals surface area (Å²) >= 11 is 0. The van der Waals surface area contributed by atoms with E-state index >= 15 is 0 Å². The van der Waals surface area contributed by atoms with Gasteiger partial charge >= 0.3 is 6.03 Å². The summed E-state index contributed by atoms with van der Waals surface area (Å²) in [5.74, 6) is -2.39. The topological polar surface area (TPSA) is 133 Å². The summed E-state index contributed by atoms with van der Waals surface area (Å²) in [6, 6.07) is -0.899. The van der Waals surface area contributed by atoms with E-state index < -0.39 is 35.6 Å². The molecule has 1 fully saturated rings. The third-order valence-electron chi connectivity index (χ3n) is 2.79. The molecule has 0 spiro atoms. The summed E-state index contributed by atoms with van der Waals surface area (Å²) in [7, 11) is 0. The number of amides is 6. The molecule has 1 rings (SSSR count). The number of hydrogen-bond acceptors (Lipinski definition) is 5. The molecule has 1 saturated heterocycles. The van der Waals surface area contributed by atoms with E-state index in [-0.39, 0.29) is 19.0 Å².